The van der Waals surface area contributed by atoms with Crippen LogP contribution in [0.5, 0.6) is 0 Å². The number of carbonyl (C=O) groups excluding carboxylic acids is 2. The maximum atomic E-state index is 12.1. The Hall–Kier alpha value is -2.36. The van der Waals surface area contributed by atoms with Crippen LogP contribution in [0.15, 0.2) is 42.7 Å². The van der Waals surface area contributed by atoms with Crippen LogP contribution in [0.25, 0.3) is 0 Å². The van der Waals surface area contributed by atoms with E-state index in [-0.39, 0.29) is 29.2 Å². The van der Waals surface area contributed by atoms with Gasteiger partial charge in [0.15, 0.2) is 11.6 Å². The second-order valence-corrected chi connectivity index (χ2v) is 5.92. The first kappa shape index (κ1) is 15.0. The zero-order valence-corrected chi connectivity index (χ0v) is 12.5. The number of nitrogens with zero attached hydrogens (tertiary/aromatic N) is 2. The van der Waals surface area contributed by atoms with Crippen LogP contribution in [-0.4, -0.2) is 21.5 Å². The third-order valence-corrected chi connectivity index (χ3v) is 3.21. The molecule has 0 radical (unpaired) electrons. The van der Waals surface area contributed by atoms with Crippen LogP contribution in [-0.2, 0) is 5.41 Å². The van der Waals surface area contributed by atoms with Crippen molar-refractivity contribution >= 4 is 11.6 Å². The highest BCUT2D eigenvalue weighted by atomic mass is 16.1. The van der Waals surface area contributed by atoms with Crippen molar-refractivity contribution in [2.75, 3.05) is 0 Å². The monoisotopic (exact) mass is 282 g/mol. The molecular weight excluding hydrogens is 264 g/mol. The number of carbonyl (C=O) groups is 2. The minimum atomic E-state index is -0.361. The van der Waals surface area contributed by atoms with Gasteiger partial charge in [-0.2, -0.15) is 0 Å². The van der Waals surface area contributed by atoms with Gasteiger partial charge < -0.3 is 0 Å². The molecule has 0 aliphatic heterocycles. The van der Waals surface area contributed by atoms with Crippen molar-refractivity contribution in [2.24, 2.45) is 0 Å². The summed E-state index contributed by atoms with van der Waals surface area (Å²) in [4.78, 5) is 31.7. The minimum Gasteiger partial charge on any atom is -0.294 e. The van der Waals surface area contributed by atoms with E-state index in [9.17, 15) is 9.59 Å². The van der Waals surface area contributed by atoms with Crippen molar-refractivity contribution in [1.29, 1.82) is 0 Å². The van der Waals surface area contributed by atoms with Gasteiger partial charge in [-0.05, 0) is 17.0 Å². The summed E-state index contributed by atoms with van der Waals surface area (Å²) in [7, 11) is 0. The lowest BCUT2D eigenvalue weighted by Crippen LogP contribution is -2.13. The lowest BCUT2D eigenvalue weighted by molar-refractivity contribution is 0.0888. The van der Waals surface area contributed by atoms with Gasteiger partial charge in [-0.1, -0.05) is 45.0 Å². The molecule has 4 nitrogen and oxygen atoms in total. The van der Waals surface area contributed by atoms with Crippen molar-refractivity contribution in [3.05, 3.63) is 59.7 Å². The van der Waals surface area contributed by atoms with E-state index in [0.717, 1.165) is 5.56 Å². The van der Waals surface area contributed by atoms with Gasteiger partial charge in [-0.15, -0.1) is 0 Å². The van der Waals surface area contributed by atoms with Crippen molar-refractivity contribution < 1.29 is 9.59 Å². The van der Waals surface area contributed by atoms with Crippen molar-refractivity contribution in [3.8, 4) is 0 Å². The molecule has 108 valence electrons. The number of hydrogen-bond donors (Lipinski definition) is 0. The zero-order valence-electron chi connectivity index (χ0n) is 12.5. The van der Waals surface area contributed by atoms with Crippen LogP contribution in [0.2, 0.25) is 0 Å². The molecule has 0 aliphatic carbocycles. The number of benzene rings is 1. The Morgan fingerprint density at radius 1 is 0.952 bits per heavy atom. The number of rotatable bonds is 4. The molecule has 2 aromatic rings. The largest absolute Gasteiger partial charge is 0.294 e. The van der Waals surface area contributed by atoms with E-state index in [1.165, 1.54) is 12.4 Å². The zero-order chi connectivity index (χ0) is 15.5. The molecule has 1 heterocycles. The molecule has 4 heteroatoms. The molecule has 0 fully saturated rings. The van der Waals surface area contributed by atoms with E-state index in [4.69, 9.17) is 0 Å². The molecule has 0 spiro atoms. The van der Waals surface area contributed by atoms with Crippen molar-refractivity contribution in [1.82, 2.24) is 9.97 Å². The fraction of sp³-hybridized carbons (Fsp3) is 0.294. The van der Waals surface area contributed by atoms with Gasteiger partial charge in [0.2, 0.25) is 5.78 Å². The number of aromatic nitrogens is 2. The molecule has 0 saturated carbocycles. The molecule has 0 unspecified atom stereocenters. The molecule has 0 aliphatic rings. The summed E-state index contributed by atoms with van der Waals surface area (Å²) in [6.07, 6.45) is 2.77. The summed E-state index contributed by atoms with van der Waals surface area (Å²) < 4.78 is 0. The maximum Gasteiger partial charge on any atom is 0.207 e. The van der Waals surface area contributed by atoms with Crippen LogP contribution in [0.4, 0.5) is 0 Å². The van der Waals surface area contributed by atoms with Crippen LogP contribution in [0.1, 0.15) is 53.7 Å². The summed E-state index contributed by atoms with van der Waals surface area (Å²) in [6.45, 7) is 6.33. The number of hydrogen-bond acceptors (Lipinski definition) is 4. The first-order valence-corrected chi connectivity index (χ1v) is 6.82. The summed E-state index contributed by atoms with van der Waals surface area (Å²) in [5.41, 5.74) is 1.72. The summed E-state index contributed by atoms with van der Waals surface area (Å²) in [6, 6.07) is 9.02. The van der Waals surface area contributed by atoms with Gasteiger partial charge in [0.1, 0.15) is 0 Å². The molecule has 1 aromatic carbocycles. The summed E-state index contributed by atoms with van der Waals surface area (Å²) in [5, 5.41) is 0. The average Bonchev–Trinajstić information content (AvgIpc) is 2.47. The lowest BCUT2D eigenvalue weighted by atomic mass is 9.86. The predicted molar refractivity (Wildman–Crippen MR) is 80.5 cm³/mol. The molecular formula is C17H18N2O2. The maximum absolute atomic E-state index is 12.1. The number of Topliss-reactive ketones (excluding diaryl/α,β-unsaturated/α-hetero) is 2. The van der Waals surface area contributed by atoms with E-state index < -0.39 is 0 Å². The van der Waals surface area contributed by atoms with Crippen LogP contribution in [0, 0.1) is 0 Å². The van der Waals surface area contributed by atoms with Gasteiger partial charge in [0.25, 0.3) is 0 Å². The standard InChI is InChI=1S/C17H18N2O2/c1-17(2,3)13-7-5-12(6-8-13)14(20)11-15(21)16-18-9-4-10-19-16/h4-10H,11H2,1-3H3. The summed E-state index contributed by atoms with van der Waals surface area (Å²) >= 11 is 0. The average molecular weight is 282 g/mol. The number of ketones is 2. The fourth-order valence-corrected chi connectivity index (χ4v) is 1.93. The Morgan fingerprint density at radius 3 is 2.05 bits per heavy atom. The van der Waals surface area contributed by atoms with E-state index in [0.29, 0.717) is 5.56 Å². The van der Waals surface area contributed by atoms with E-state index in [1.54, 1.807) is 18.2 Å². The molecule has 0 amide bonds. The van der Waals surface area contributed by atoms with Gasteiger partial charge in [0, 0.05) is 18.0 Å². The Bertz CT molecular complexity index is 641. The SMILES string of the molecule is CC(C)(C)c1ccc(C(=O)CC(=O)c2ncccn2)cc1. The Balaban J connectivity index is 2.09. The Kier molecular flexibility index (Phi) is 4.26. The van der Waals surface area contributed by atoms with Crippen molar-refractivity contribution in [3.63, 3.8) is 0 Å². The van der Waals surface area contributed by atoms with E-state index in [1.807, 2.05) is 12.1 Å². The van der Waals surface area contributed by atoms with E-state index in [2.05, 4.69) is 30.7 Å². The second-order valence-electron chi connectivity index (χ2n) is 5.92. The molecule has 1 aromatic heterocycles. The Morgan fingerprint density at radius 2 is 1.52 bits per heavy atom. The van der Waals surface area contributed by atoms with Gasteiger partial charge in [-0.3, -0.25) is 9.59 Å². The highest BCUT2D eigenvalue weighted by molar-refractivity contribution is 6.12. The third-order valence-electron chi connectivity index (χ3n) is 3.21. The first-order chi connectivity index (χ1) is 9.88. The third kappa shape index (κ3) is 3.81. The van der Waals surface area contributed by atoms with Crippen LogP contribution in [0.3, 0.4) is 0 Å². The van der Waals surface area contributed by atoms with Gasteiger partial charge in [0.05, 0.1) is 6.42 Å². The van der Waals surface area contributed by atoms with Crippen LogP contribution < -0.4 is 0 Å². The van der Waals surface area contributed by atoms with Gasteiger partial charge >= 0.3 is 0 Å². The smallest absolute Gasteiger partial charge is 0.207 e. The predicted octanol–water partition coefficient (Wildman–Crippen LogP) is 3.23. The van der Waals surface area contributed by atoms with E-state index >= 15 is 0 Å². The Labute approximate surface area is 124 Å². The molecule has 0 atom stereocenters. The lowest BCUT2D eigenvalue weighted by Gasteiger charge is -2.18. The molecule has 0 saturated heterocycles. The summed E-state index contributed by atoms with van der Waals surface area (Å²) in [5.74, 6) is -0.495. The molecule has 21 heavy (non-hydrogen) atoms. The normalized spacial score (nSPS) is 11.2. The van der Waals surface area contributed by atoms with Gasteiger partial charge in [-0.25, -0.2) is 9.97 Å². The molecule has 2 rings (SSSR count). The highest BCUT2D eigenvalue weighted by Gasteiger charge is 2.17. The first-order valence-electron chi connectivity index (χ1n) is 6.82. The molecule has 0 N–H and O–H groups in total. The second kappa shape index (κ2) is 5.95. The van der Waals surface area contributed by atoms with Crippen LogP contribution >= 0.6 is 0 Å². The minimum absolute atomic E-state index is 0.0370. The molecule has 0 bridgehead atoms. The highest BCUT2D eigenvalue weighted by Crippen LogP contribution is 2.22. The quantitative estimate of drug-likeness (QED) is 0.638. The van der Waals surface area contributed by atoms with Crippen molar-refractivity contribution in [2.45, 2.75) is 32.6 Å². The fourth-order valence-electron chi connectivity index (χ4n) is 1.93. The topological polar surface area (TPSA) is 59.9 Å².